The molecule has 1 atom stereocenters. The molecule has 2 rings (SSSR count). The molecule has 0 radical (unpaired) electrons. The van der Waals surface area contributed by atoms with E-state index in [4.69, 9.17) is 9.47 Å². The Kier molecular flexibility index (Phi) is 6.22. The highest BCUT2D eigenvalue weighted by Gasteiger charge is 2.25. The summed E-state index contributed by atoms with van der Waals surface area (Å²) in [6.45, 7) is 5.16. The molecule has 1 N–H and O–H groups in total. The first-order valence-corrected chi connectivity index (χ1v) is 8.69. The fraction of sp³-hybridized carbons (Fsp3) is 0.500. The molecule has 10 heteroatoms. The van der Waals surface area contributed by atoms with Crippen molar-refractivity contribution in [3.05, 3.63) is 34.1 Å². The lowest BCUT2D eigenvalue weighted by Crippen LogP contribution is -2.44. The van der Waals surface area contributed by atoms with Crippen LogP contribution in [0.5, 0.6) is 0 Å². The number of carbonyl (C=O) groups excluding carboxylic acids is 2. The lowest BCUT2D eigenvalue weighted by atomic mass is 10.1. The van der Waals surface area contributed by atoms with Crippen LogP contribution in [0, 0.1) is 10.1 Å². The molecule has 0 spiro atoms. The summed E-state index contributed by atoms with van der Waals surface area (Å²) in [6.07, 6.45) is -0.150. The number of ether oxygens (including phenoxy) is 2. The molecule has 1 heterocycles. The van der Waals surface area contributed by atoms with E-state index >= 15 is 0 Å². The summed E-state index contributed by atoms with van der Waals surface area (Å²) in [6, 6.07) is 3.53. The zero-order valence-electron chi connectivity index (χ0n) is 16.5. The smallest absolute Gasteiger partial charge is 0.408 e. The number of benzene rings is 1. The third-order valence-corrected chi connectivity index (χ3v) is 4.00. The van der Waals surface area contributed by atoms with Crippen molar-refractivity contribution in [3.63, 3.8) is 0 Å². The Morgan fingerprint density at radius 2 is 2.04 bits per heavy atom. The van der Waals surface area contributed by atoms with E-state index < -0.39 is 28.6 Å². The fourth-order valence-electron chi connectivity index (χ4n) is 2.69. The van der Waals surface area contributed by atoms with Crippen LogP contribution in [0.4, 0.5) is 10.5 Å². The molecule has 0 saturated carbocycles. The van der Waals surface area contributed by atoms with E-state index in [9.17, 15) is 19.7 Å². The predicted molar refractivity (Wildman–Crippen MR) is 101 cm³/mol. The first-order chi connectivity index (χ1) is 13.0. The molecule has 0 aliphatic carbocycles. The minimum Gasteiger partial charge on any atom is -0.467 e. The van der Waals surface area contributed by atoms with Gasteiger partial charge in [-0.2, -0.15) is 0 Å². The van der Waals surface area contributed by atoms with E-state index in [0.29, 0.717) is 17.8 Å². The second-order valence-electron chi connectivity index (χ2n) is 7.28. The van der Waals surface area contributed by atoms with Crippen molar-refractivity contribution in [1.29, 1.82) is 0 Å². The van der Waals surface area contributed by atoms with Crippen molar-refractivity contribution in [3.8, 4) is 0 Å². The van der Waals surface area contributed by atoms with Crippen LogP contribution in [-0.2, 0) is 27.7 Å². The van der Waals surface area contributed by atoms with E-state index in [1.807, 2.05) is 0 Å². The van der Waals surface area contributed by atoms with Crippen LogP contribution < -0.4 is 5.32 Å². The summed E-state index contributed by atoms with van der Waals surface area (Å²) in [4.78, 5) is 38.9. The first-order valence-electron chi connectivity index (χ1n) is 8.69. The average molecular weight is 392 g/mol. The number of aryl methyl sites for hydroxylation is 2. The Morgan fingerprint density at radius 1 is 1.36 bits per heavy atom. The van der Waals surface area contributed by atoms with Crippen LogP contribution >= 0.6 is 0 Å². The van der Waals surface area contributed by atoms with E-state index in [0.717, 1.165) is 5.52 Å². The topological polar surface area (TPSA) is 126 Å². The molecule has 1 amide bonds. The molecule has 0 aliphatic rings. The van der Waals surface area contributed by atoms with Gasteiger partial charge in [-0.3, -0.25) is 10.1 Å². The second-order valence-corrected chi connectivity index (χ2v) is 7.28. The van der Waals surface area contributed by atoms with Gasteiger partial charge < -0.3 is 19.4 Å². The highest BCUT2D eigenvalue weighted by Crippen LogP contribution is 2.22. The van der Waals surface area contributed by atoms with Crippen LogP contribution in [0.25, 0.3) is 11.0 Å². The van der Waals surface area contributed by atoms with E-state index in [2.05, 4.69) is 10.3 Å². The SMILES string of the molecule is COC(=O)[C@H](CCc1nc2cc([N+](=O)[O-])ccc2n1C)NC(=O)OC(C)(C)C. The van der Waals surface area contributed by atoms with Gasteiger partial charge >= 0.3 is 12.1 Å². The molecule has 0 aliphatic heterocycles. The number of imidazole rings is 1. The first kappa shape index (κ1) is 21.1. The third kappa shape index (κ3) is 5.18. The van der Waals surface area contributed by atoms with Gasteiger partial charge in [-0.05, 0) is 33.3 Å². The third-order valence-electron chi connectivity index (χ3n) is 4.00. The van der Waals surface area contributed by atoms with Crippen molar-refractivity contribution >= 4 is 28.8 Å². The number of fused-ring (bicyclic) bond motifs is 1. The molecular weight excluding hydrogens is 368 g/mol. The number of nitro benzene ring substituents is 1. The number of nitro groups is 1. The number of rotatable bonds is 6. The molecule has 0 bridgehead atoms. The van der Waals surface area contributed by atoms with Gasteiger partial charge in [0.15, 0.2) is 0 Å². The van der Waals surface area contributed by atoms with Crippen LogP contribution in [0.15, 0.2) is 18.2 Å². The van der Waals surface area contributed by atoms with Crippen molar-refractivity contribution in [2.75, 3.05) is 7.11 Å². The Bertz CT molecular complexity index is 899. The summed E-state index contributed by atoms with van der Waals surface area (Å²) in [5.74, 6) is 0.0238. The zero-order valence-corrected chi connectivity index (χ0v) is 16.5. The fourth-order valence-corrected chi connectivity index (χ4v) is 2.69. The lowest BCUT2D eigenvalue weighted by molar-refractivity contribution is -0.384. The van der Waals surface area contributed by atoms with E-state index in [1.54, 1.807) is 38.5 Å². The van der Waals surface area contributed by atoms with Crippen molar-refractivity contribution in [1.82, 2.24) is 14.9 Å². The number of alkyl carbamates (subject to hydrolysis) is 1. The number of amides is 1. The number of methoxy groups -OCH3 is 1. The van der Waals surface area contributed by atoms with Gasteiger partial charge in [0.1, 0.15) is 17.5 Å². The van der Waals surface area contributed by atoms with Gasteiger partial charge in [-0.25, -0.2) is 14.6 Å². The van der Waals surface area contributed by atoms with Gasteiger partial charge in [0.2, 0.25) is 0 Å². The number of aromatic nitrogens is 2. The molecule has 10 nitrogen and oxygen atoms in total. The molecular formula is C18H24N4O6. The van der Waals surface area contributed by atoms with Gasteiger partial charge in [0, 0.05) is 25.6 Å². The Morgan fingerprint density at radius 3 is 2.61 bits per heavy atom. The standard InChI is InChI=1S/C18H24N4O6/c1-18(2,3)28-17(24)20-12(16(23)27-5)7-9-15-19-13-10-11(22(25)26)6-8-14(13)21(15)4/h6,8,10,12H,7,9H2,1-5H3,(H,20,24)/t12-/m0/s1. The van der Waals surface area contributed by atoms with Crippen LogP contribution in [0.3, 0.4) is 0 Å². The highest BCUT2D eigenvalue weighted by atomic mass is 16.6. The van der Waals surface area contributed by atoms with Gasteiger partial charge in [-0.1, -0.05) is 0 Å². The molecule has 1 aromatic heterocycles. The van der Waals surface area contributed by atoms with Crippen molar-refractivity contribution < 1.29 is 24.0 Å². The second kappa shape index (κ2) is 8.24. The van der Waals surface area contributed by atoms with Gasteiger partial charge in [-0.15, -0.1) is 0 Å². The summed E-state index contributed by atoms with van der Waals surface area (Å²) < 4.78 is 11.7. The number of esters is 1. The maximum Gasteiger partial charge on any atom is 0.408 e. The number of hydrogen-bond acceptors (Lipinski definition) is 7. The largest absolute Gasteiger partial charge is 0.467 e. The number of hydrogen-bond donors (Lipinski definition) is 1. The van der Waals surface area contributed by atoms with Crippen LogP contribution in [0.2, 0.25) is 0 Å². The molecule has 0 unspecified atom stereocenters. The maximum atomic E-state index is 12.0. The lowest BCUT2D eigenvalue weighted by Gasteiger charge is -2.22. The molecule has 152 valence electrons. The van der Waals surface area contributed by atoms with E-state index in [1.165, 1.54) is 19.2 Å². The minimum absolute atomic E-state index is 0.0452. The monoisotopic (exact) mass is 392 g/mol. The molecule has 0 saturated heterocycles. The average Bonchev–Trinajstić information content (AvgIpc) is 2.91. The van der Waals surface area contributed by atoms with Crippen molar-refractivity contribution in [2.45, 2.75) is 45.3 Å². The molecule has 2 aromatic rings. The Labute approximate surface area is 162 Å². The predicted octanol–water partition coefficient (Wildman–Crippen LogP) is 2.48. The number of non-ortho nitro benzene ring substituents is 1. The van der Waals surface area contributed by atoms with E-state index in [-0.39, 0.29) is 12.1 Å². The normalized spacial score (nSPS) is 12.5. The summed E-state index contributed by atoms with van der Waals surface area (Å²) in [7, 11) is 3.02. The summed E-state index contributed by atoms with van der Waals surface area (Å²) in [5.41, 5.74) is 0.476. The number of nitrogens with one attached hydrogen (secondary N) is 1. The van der Waals surface area contributed by atoms with Crippen LogP contribution in [-0.4, -0.2) is 45.3 Å². The number of nitrogens with zero attached hydrogens (tertiary/aromatic N) is 3. The Balaban J connectivity index is 2.15. The molecule has 1 aromatic carbocycles. The summed E-state index contributed by atoms with van der Waals surface area (Å²) in [5, 5.41) is 13.4. The van der Waals surface area contributed by atoms with Gasteiger partial charge in [0.05, 0.1) is 23.1 Å². The van der Waals surface area contributed by atoms with Crippen molar-refractivity contribution in [2.24, 2.45) is 7.05 Å². The molecule has 28 heavy (non-hydrogen) atoms. The van der Waals surface area contributed by atoms with Gasteiger partial charge in [0.25, 0.3) is 5.69 Å². The van der Waals surface area contributed by atoms with Crippen LogP contribution in [0.1, 0.15) is 33.0 Å². The zero-order chi connectivity index (χ0) is 21.1. The number of carbonyl (C=O) groups is 2. The highest BCUT2D eigenvalue weighted by molar-refractivity contribution is 5.81. The maximum absolute atomic E-state index is 12.0. The molecule has 0 fully saturated rings. The minimum atomic E-state index is -0.908. The Hall–Kier alpha value is -3.17. The summed E-state index contributed by atoms with van der Waals surface area (Å²) >= 11 is 0. The quantitative estimate of drug-likeness (QED) is 0.455.